The van der Waals surface area contributed by atoms with Crippen LogP contribution in [0, 0.1) is 3.57 Å². The van der Waals surface area contributed by atoms with Crippen LogP contribution in [0.25, 0.3) is 0 Å². The van der Waals surface area contributed by atoms with Crippen LogP contribution in [0.2, 0.25) is 5.02 Å². The monoisotopic (exact) mass is 679 g/mol. The van der Waals surface area contributed by atoms with Crippen LogP contribution in [0.3, 0.4) is 0 Å². The number of aliphatic imine (C=N–C) groups is 1. The first-order valence-corrected chi connectivity index (χ1v) is 16.4. The van der Waals surface area contributed by atoms with E-state index in [2.05, 4.69) is 37.6 Å². The van der Waals surface area contributed by atoms with Gasteiger partial charge in [-0.2, -0.15) is 4.98 Å². The topological polar surface area (TPSA) is 127 Å². The molecule has 2 fully saturated rings. The second-order valence-corrected chi connectivity index (χ2v) is 14.7. The Hall–Kier alpha value is -1.23. The second kappa shape index (κ2) is 10.5. The molecule has 14 heteroatoms. The third-order valence-electron chi connectivity index (χ3n) is 6.09. The van der Waals surface area contributed by atoms with E-state index in [0.29, 0.717) is 45.6 Å². The Morgan fingerprint density at radius 3 is 2.81 bits per heavy atom. The van der Waals surface area contributed by atoms with Gasteiger partial charge in [0.15, 0.2) is 0 Å². The van der Waals surface area contributed by atoms with Crippen molar-refractivity contribution in [1.82, 2.24) is 19.9 Å². The zero-order chi connectivity index (χ0) is 25.6. The van der Waals surface area contributed by atoms with Gasteiger partial charge in [-0.05, 0) is 54.5 Å². The maximum atomic E-state index is 13.6. The number of fused-ring (bicyclic) bond motifs is 1. The minimum atomic E-state index is -3.47. The summed E-state index contributed by atoms with van der Waals surface area (Å²) in [6.07, 6.45) is 3.13. The minimum Gasteiger partial charge on any atom is -0.602 e. The van der Waals surface area contributed by atoms with Gasteiger partial charge in [0.05, 0.1) is 22.0 Å². The summed E-state index contributed by atoms with van der Waals surface area (Å²) in [6, 6.07) is 4.20. The lowest BCUT2D eigenvalue weighted by molar-refractivity contribution is -0.117. The molecular weight excluding hydrogens is 657 g/mol. The fourth-order valence-corrected chi connectivity index (χ4v) is 8.89. The third kappa shape index (κ3) is 5.20. The highest BCUT2D eigenvalue weighted by Crippen LogP contribution is 2.43. The van der Waals surface area contributed by atoms with Crippen LogP contribution in [0.15, 0.2) is 50.4 Å². The predicted octanol–water partition coefficient (Wildman–Crippen LogP) is 3.17. The van der Waals surface area contributed by atoms with Crippen LogP contribution in [0.4, 0.5) is 0 Å². The number of carbonyl (C=O) groups excluding carboxylic acids is 1. The van der Waals surface area contributed by atoms with E-state index in [1.165, 1.54) is 11.3 Å². The normalized spacial score (nSPS) is 22.9. The van der Waals surface area contributed by atoms with Crippen molar-refractivity contribution in [2.75, 3.05) is 13.1 Å². The molecule has 2 aromatic rings. The Morgan fingerprint density at radius 2 is 2.17 bits per heavy atom. The van der Waals surface area contributed by atoms with Gasteiger partial charge in [-0.25, -0.2) is 18.1 Å². The molecule has 1 aliphatic carbocycles. The zero-order valence-corrected chi connectivity index (χ0v) is 24.5. The average Bonchev–Trinajstić information content (AvgIpc) is 3.40. The number of hydrogen-bond acceptors (Lipinski definition) is 8. The number of hydrogen-bond donors (Lipinski definition) is 2. The molecule has 1 saturated heterocycles. The van der Waals surface area contributed by atoms with Crippen molar-refractivity contribution in [3.63, 3.8) is 0 Å². The number of carbonyl (C=O) groups is 1. The summed E-state index contributed by atoms with van der Waals surface area (Å²) in [5, 5.41) is 4.90. The highest BCUT2D eigenvalue weighted by Gasteiger charge is 2.47. The smallest absolute Gasteiger partial charge is 0.328 e. The lowest BCUT2D eigenvalue weighted by Gasteiger charge is -2.31. The van der Waals surface area contributed by atoms with Gasteiger partial charge in [-0.15, -0.1) is 0 Å². The quantitative estimate of drug-likeness (QED) is 0.342. The Bertz CT molecular complexity index is 1350. The van der Waals surface area contributed by atoms with E-state index < -0.39 is 33.3 Å². The van der Waals surface area contributed by atoms with Crippen LogP contribution in [0.1, 0.15) is 37.8 Å². The molecule has 0 spiro atoms. The number of rotatable bonds is 7. The van der Waals surface area contributed by atoms with Crippen molar-refractivity contribution in [3.8, 4) is 0 Å². The number of amidine groups is 1. The van der Waals surface area contributed by atoms with Gasteiger partial charge in [0.25, 0.3) is 5.91 Å². The number of halogens is 2. The van der Waals surface area contributed by atoms with Gasteiger partial charge >= 0.3 is 9.51 Å². The van der Waals surface area contributed by atoms with Gasteiger partial charge in [-0.3, -0.25) is 9.69 Å². The molecule has 1 saturated carbocycles. The molecule has 1 aromatic heterocycles. The molecule has 1 amide bonds. The van der Waals surface area contributed by atoms with E-state index in [1.807, 2.05) is 19.1 Å². The molecule has 1 aromatic carbocycles. The molecule has 5 rings (SSSR count). The van der Waals surface area contributed by atoms with E-state index in [0.717, 1.165) is 3.57 Å². The van der Waals surface area contributed by atoms with Crippen molar-refractivity contribution >= 4 is 77.8 Å². The minimum absolute atomic E-state index is 0.216. The first kappa shape index (κ1) is 26.4. The highest BCUT2D eigenvalue weighted by atomic mass is 127. The third-order valence-corrected chi connectivity index (χ3v) is 11.5. The molecular formula is C22H23ClIN5O4S3. The Kier molecular flexibility index (Phi) is 7.69. The van der Waals surface area contributed by atoms with Gasteiger partial charge in [0.1, 0.15) is 6.04 Å². The van der Waals surface area contributed by atoms with Crippen molar-refractivity contribution in [1.29, 1.82) is 0 Å². The lowest BCUT2D eigenvalue weighted by Crippen LogP contribution is -2.43. The van der Waals surface area contributed by atoms with Crippen molar-refractivity contribution in [3.05, 3.63) is 55.2 Å². The maximum Gasteiger partial charge on any atom is 0.328 e. The Labute approximate surface area is 235 Å². The fraction of sp³-hybridized carbons (Fsp3) is 0.409. The summed E-state index contributed by atoms with van der Waals surface area (Å²) in [4.78, 5) is 24.1. The Morgan fingerprint density at radius 1 is 1.39 bits per heavy atom. The number of nitrogens with one attached hydrogen (secondary N) is 2. The van der Waals surface area contributed by atoms with Crippen LogP contribution < -0.4 is 10.0 Å². The van der Waals surface area contributed by atoms with Crippen LogP contribution >= 0.6 is 45.5 Å². The van der Waals surface area contributed by atoms with E-state index in [9.17, 15) is 17.8 Å². The molecule has 0 bridgehead atoms. The number of aromatic nitrogens is 1. The summed E-state index contributed by atoms with van der Waals surface area (Å²) >= 11 is 8.29. The van der Waals surface area contributed by atoms with E-state index in [1.54, 1.807) is 22.5 Å². The molecule has 36 heavy (non-hydrogen) atoms. The number of amides is 1. The summed E-state index contributed by atoms with van der Waals surface area (Å²) in [7, 11) is -3.47. The number of thiazole rings is 1. The first-order chi connectivity index (χ1) is 17.2. The molecule has 3 heterocycles. The molecule has 2 N–H and O–H groups in total. The molecule has 2 aliphatic heterocycles. The van der Waals surface area contributed by atoms with E-state index in [4.69, 9.17) is 16.6 Å². The zero-order valence-electron chi connectivity index (χ0n) is 19.1. The SMILES string of the molecule is CCNC(=O)C1=C2C[C@H](NS(=O)(=O)C3CC3)CN2C([S+]([O-])c2nccs2)=N[C@H]1c1ccc(I)cc1Cl. The van der Waals surface area contributed by atoms with Crippen molar-refractivity contribution in [2.24, 2.45) is 4.99 Å². The van der Waals surface area contributed by atoms with Gasteiger partial charge in [0.2, 0.25) is 10.0 Å². The van der Waals surface area contributed by atoms with Crippen LogP contribution in [-0.2, 0) is 26.0 Å². The average molecular weight is 680 g/mol. The largest absolute Gasteiger partial charge is 0.602 e. The summed E-state index contributed by atoms with van der Waals surface area (Å²) < 4.78 is 43.1. The summed E-state index contributed by atoms with van der Waals surface area (Å²) in [5.41, 5.74) is 1.59. The maximum absolute atomic E-state index is 13.6. The molecule has 192 valence electrons. The van der Waals surface area contributed by atoms with Crippen LogP contribution in [0.5, 0.6) is 0 Å². The fourth-order valence-electron chi connectivity index (χ4n) is 4.36. The first-order valence-electron chi connectivity index (χ1n) is 11.3. The van der Waals surface area contributed by atoms with Gasteiger partial charge < -0.3 is 9.87 Å². The molecule has 3 aliphatic rings. The van der Waals surface area contributed by atoms with Gasteiger partial charge in [-0.1, -0.05) is 29.0 Å². The predicted molar refractivity (Wildman–Crippen MR) is 149 cm³/mol. The molecule has 9 nitrogen and oxygen atoms in total. The standard InChI is InChI=1S/C22H23ClIN5O4S3/c1-2-25-20(30)18-17-10-13(28-36(32,33)14-4-5-14)11-29(17)21(35(31)22-26-7-8-34-22)27-19(18)15-6-3-12(24)9-16(15)23/h3,6-9,13-14,19,28H,2,4-5,10-11H2,1H3,(H,25,30)/t13-,19-,35?/m0/s1. The van der Waals surface area contributed by atoms with E-state index >= 15 is 0 Å². The van der Waals surface area contributed by atoms with Crippen molar-refractivity contribution < 1.29 is 17.8 Å². The Balaban J connectivity index is 1.62. The lowest BCUT2D eigenvalue weighted by atomic mass is 9.94. The summed E-state index contributed by atoms with van der Waals surface area (Å²) in [6.45, 7) is 2.44. The molecule has 3 atom stereocenters. The number of sulfonamides is 1. The van der Waals surface area contributed by atoms with Crippen LogP contribution in [-0.4, -0.2) is 58.3 Å². The number of benzene rings is 1. The molecule has 1 unspecified atom stereocenters. The van der Waals surface area contributed by atoms with Crippen molar-refractivity contribution in [2.45, 2.75) is 47.9 Å². The van der Waals surface area contributed by atoms with E-state index in [-0.39, 0.29) is 29.3 Å². The van der Waals surface area contributed by atoms with Gasteiger partial charge in [0, 0.05) is 57.0 Å². The molecule has 0 radical (unpaired) electrons. The second-order valence-electron chi connectivity index (χ2n) is 8.64. The number of likely N-dealkylation sites (N-methyl/N-ethyl adjacent to an activating group) is 1. The number of nitrogens with zero attached hydrogens (tertiary/aromatic N) is 3. The summed E-state index contributed by atoms with van der Waals surface area (Å²) in [5.74, 6) is -0.314. The highest BCUT2D eigenvalue weighted by molar-refractivity contribution is 14.1.